The van der Waals surface area contributed by atoms with Crippen molar-refractivity contribution in [1.82, 2.24) is 15.1 Å². The van der Waals surface area contributed by atoms with Crippen molar-refractivity contribution in [2.24, 2.45) is 0 Å². The van der Waals surface area contributed by atoms with Crippen molar-refractivity contribution in [2.75, 3.05) is 6.54 Å². The van der Waals surface area contributed by atoms with Gasteiger partial charge in [0.1, 0.15) is 0 Å². The van der Waals surface area contributed by atoms with Crippen molar-refractivity contribution >= 4 is 0 Å². The van der Waals surface area contributed by atoms with E-state index in [2.05, 4.69) is 72.3 Å². The molecule has 0 bridgehead atoms. The van der Waals surface area contributed by atoms with E-state index in [1.54, 1.807) is 0 Å². The van der Waals surface area contributed by atoms with Crippen molar-refractivity contribution in [3.63, 3.8) is 0 Å². The molecule has 2 atom stereocenters. The molecule has 0 amide bonds. The second-order valence-electron chi connectivity index (χ2n) is 5.20. The van der Waals surface area contributed by atoms with Crippen LogP contribution in [0.4, 0.5) is 0 Å². The second kappa shape index (κ2) is 7.25. The van der Waals surface area contributed by atoms with E-state index in [1.165, 1.54) is 11.3 Å². The predicted molar refractivity (Wildman–Crippen MR) is 83.8 cm³/mol. The summed E-state index contributed by atoms with van der Waals surface area (Å²) in [7, 11) is 0. The average Bonchev–Trinajstić information content (AvgIpc) is 2.96. The lowest BCUT2D eigenvalue weighted by atomic mass is 9.91. The molecule has 2 unspecified atom stereocenters. The quantitative estimate of drug-likeness (QED) is 0.831. The molecule has 0 fully saturated rings. The van der Waals surface area contributed by atoms with E-state index in [0.717, 1.165) is 19.5 Å². The average molecular weight is 271 g/mol. The van der Waals surface area contributed by atoms with Gasteiger partial charge in [-0.2, -0.15) is 5.10 Å². The van der Waals surface area contributed by atoms with Crippen LogP contribution >= 0.6 is 0 Å². The lowest BCUT2D eigenvalue weighted by Gasteiger charge is -2.26. The Hall–Kier alpha value is -1.61. The van der Waals surface area contributed by atoms with E-state index >= 15 is 0 Å². The number of aryl methyl sites for hydroxylation is 1. The third-order valence-electron chi connectivity index (χ3n) is 3.81. The molecule has 0 aliphatic heterocycles. The molecular weight excluding hydrogens is 246 g/mol. The summed E-state index contributed by atoms with van der Waals surface area (Å²) < 4.78 is 2.09. The van der Waals surface area contributed by atoms with Crippen molar-refractivity contribution in [3.05, 3.63) is 53.9 Å². The van der Waals surface area contributed by atoms with Gasteiger partial charge in [-0.25, -0.2) is 0 Å². The van der Waals surface area contributed by atoms with Crippen LogP contribution in [-0.4, -0.2) is 16.3 Å². The first-order chi connectivity index (χ1) is 9.77. The van der Waals surface area contributed by atoms with E-state index in [9.17, 15) is 0 Å². The van der Waals surface area contributed by atoms with E-state index < -0.39 is 0 Å². The molecule has 2 aromatic rings. The largest absolute Gasteiger partial charge is 0.308 e. The summed E-state index contributed by atoms with van der Waals surface area (Å²) in [5.74, 6) is 0.421. The molecule has 3 heteroatoms. The van der Waals surface area contributed by atoms with Crippen LogP contribution in [0.1, 0.15) is 50.4 Å². The van der Waals surface area contributed by atoms with Crippen LogP contribution in [0.2, 0.25) is 0 Å². The number of hydrogen-bond acceptors (Lipinski definition) is 2. The van der Waals surface area contributed by atoms with Crippen LogP contribution in [-0.2, 0) is 6.54 Å². The van der Waals surface area contributed by atoms with E-state index in [4.69, 9.17) is 0 Å². The Balaban J connectivity index is 2.27. The van der Waals surface area contributed by atoms with Gasteiger partial charge >= 0.3 is 0 Å². The van der Waals surface area contributed by atoms with Crippen molar-refractivity contribution in [1.29, 1.82) is 0 Å². The first-order valence-electron chi connectivity index (χ1n) is 7.58. The summed E-state index contributed by atoms with van der Waals surface area (Å²) in [6, 6.07) is 13.1. The molecule has 0 saturated heterocycles. The summed E-state index contributed by atoms with van der Waals surface area (Å²) in [5.41, 5.74) is 2.64. The number of hydrogen-bond donors (Lipinski definition) is 1. The van der Waals surface area contributed by atoms with Gasteiger partial charge in [0.25, 0.3) is 0 Å². The fraction of sp³-hybridized carbons (Fsp3) is 0.471. The first-order valence-corrected chi connectivity index (χ1v) is 7.58. The Bertz CT molecular complexity index is 504. The Morgan fingerprint density at radius 1 is 1.15 bits per heavy atom. The molecule has 0 aliphatic carbocycles. The number of nitrogens with zero attached hydrogens (tertiary/aromatic N) is 2. The lowest BCUT2D eigenvalue weighted by molar-refractivity contribution is 0.430. The minimum atomic E-state index is 0.305. The lowest BCUT2D eigenvalue weighted by Crippen LogP contribution is -2.29. The molecule has 3 nitrogen and oxygen atoms in total. The zero-order chi connectivity index (χ0) is 14.4. The topological polar surface area (TPSA) is 29.9 Å². The highest BCUT2D eigenvalue weighted by molar-refractivity contribution is 5.24. The summed E-state index contributed by atoms with van der Waals surface area (Å²) in [4.78, 5) is 0. The maximum atomic E-state index is 4.42. The van der Waals surface area contributed by atoms with Gasteiger partial charge in [-0.1, -0.05) is 44.2 Å². The molecule has 1 aromatic heterocycles. The van der Waals surface area contributed by atoms with Gasteiger partial charge in [0.05, 0.1) is 11.7 Å². The summed E-state index contributed by atoms with van der Waals surface area (Å²) >= 11 is 0. The Labute approximate surface area is 122 Å². The van der Waals surface area contributed by atoms with Gasteiger partial charge < -0.3 is 5.32 Å². The van der Waals surface area contributed by atoms with Crippen molar-refractivity contribution in [3.8, 4) is 0 Å². The van der Waals surface area contributed by atoms with E-state index in [0.29, 0.717) is 12.0 Å². The van der Waals surface area contributed by atoms with Crippen LogP contribution in [0, 0.1) is 0 Å². The molecule has 1 aromatic carbocycles. The number of nitrogens with one attached hydrogen (secondary N) is 1. The Morgan fingerprint density at radius 2 is 1.90 bits per heavy atom. The Kier molecular flexibility index (Phi) is 5.36. The molecular formula is C17H25N3. The summed E-state index contributed by atoms with van der Waals surface area (Å²) in [6.45, 7) is 8.56. The van der Waals surface area contributed by atoms with Gasteiger partial charge in [0.2, 0.25) is 0 Å². The van der Waals surface area contributed by atoms with Crippen LogP contribution in [0.25, 0.3) is 0 Å². The smallest absolute Gasteiger partial charge is 0.0559 e. The molecule has 20 heavy (non-hydrogen) atoms. The predicted octanol–water partition coefficient (Wildman–Crippen LogP) is 3.75. The zero-order valence-electron chi connectivity index (χ0n) is 12.7. The molecule has 1 heterocycles. The zero-order valence-corrected chi connectivity index (χ0v) is 12.7. The monoisotopic (exact) mass is 271 g/mol. The van der Waals surface area contributed by atoms with Crippen molar-refractivity contribution in [2.45, 2.75) is 45.7 Å². The number of rotatable bonds is 7. The van der Waals surface area contributed by atoms with E-state index in [1.807, 2.05) is 6.20 Å². The van der Waals surface area contributed by atoms with Crippen LogP contribution in [0.15, 0.2) is 42.6 Å². The van der Waals surface area contributed by atoms with Gasteiger partial charge in [0, 0.05) is 18.7 Å². The normalized spacial score (nSPS) is 14.2. The highest BCUT2D eigenvalue weighted by Gasteiger charge is 2.22. The molecule has 0 saturated carbocycles. The highest BCUT2D eigenvalue weighted by atomic mass is 15.3. The van der Waals surface area contributed by atoms with Crippen molar-refractivity contribution < 1.29 is 0 Å². The molecule has 0 radical (unpaired) electrons. The van der Waals surface area contributed by atoms with Gasteiger partial charge in [0.15, 0.2) is 0 Å². The molecule has 0 spiro atoms. The standard InChI is InChI=1S/C17H25N3/c1-4-12-18-17(16-11-13-19-20(16)5-2)14(3)15-9-7-6-8-10-15/h6-11,13-14,17-18H,4-5,12H2,1-3H3. The SMILES string of the molecule is CCCNC(c1ccnn1CC)C(C)c1ccccc1. The third-order valence-corrected chi connectivity index (χ3v) is 3.81. The molecule has 1 N–H and O–H groups in total. The second-order valence-corrected chi connectivity index (χ2v) is 5.20. The van der Waals surface area contributed by atoms with Gasteiger partial charge in [-0.3, -0.25) is 4.68 Å². The molecule has 0 aliphatic rings. The maximum Gasteiger partial charge on any atom is 0.0559 e. The highest BCUT2D eigenvalue weighted by Crippen LogP contribution is 2.30. The van der Waals surface area contributed by atoms with Crippen LogP contribution in [0.5, 0.6) is 0 Å². The van der Waals surface area contributed by atoms with Gasteiger partial charge in [-0.05, 0) is 31.5 Å². The maximum absolute atomic E-state index is 4.42. The molecule has 2 rings (SSSR count). The minimum absolute atomic E-state index is 0.305. The first kappa shape index (κ1) is 14.8. The number of benzene rings is 1. The minimum Gasteiger partial charge on any atom is -0.308 e. The Morgan fingerprint density at radius 3 is 2.55 bits per heavy atom. The summed E-state index contributed by atoms with van der Waals surface area (Å²) in [6.07, 6.45) is 3.04. The van der Waals surface area contributed by atoms with Crippen LogP contribution < -0.4 is 5.32 Å². The van der Waals surface area contributed by atoms with Crippen LogP contribution in [0.3, 0.4) is 0 Å². The number of aromatic nitrogens is 2. The molecule has 108 valence electrons. The fourth-order valence-electron chi connectivity index (χ4n) is 2.66. The third kappa shape index (κ3) is 3.28. The van der Waals surface area contributed by atoms with Gasteiger partial charge in [-0.15, -0.1) is 0 Å². The summed E-state index contributed by atoms with van der Waals surface area (Å²) in [5, 5.41) is 8.10. The fourth-order valence-corrected chi connectivity index (χ4v) is 2.66. The van der Waals surface area contributed by atoms with E-state index in [-0.39, 0.29) is 0 Å².